The highest BCUT2D eigenvalue weighted by Crippen LogP contribution is 2.00. The van der Waals surface area contributed by atoms with E-state index in [-0.39, 0.29) is 13.2 Å². The summed E-state index contributed by atoms with van der Waals surface area (Å²) in [7, 11) is 0. The molecule has 0 spiro atoms. The number of carbonyl (C=O) groups is 2. The molecule has 58 valence electrons. The maximum absolute atomic E-state index is 10.1. The highest BCUT2D eigenvalue weighted by molar-refractivity contribution is 5.86. The van der Waals surface area contributed by atoms with E-state index in [9.17, 15) is 9.59 Å². The average Bonchev–Trinajstić information content (AvgIpc) is 2.00. The van der Waals surface area contributed by atoms with Gasteiger partial charge in [0.05, 0.1) is 13.2 Å². The minimum atomic E-state index is -1.39. The van der Waals surface area contributed by atoms with E-state index in [4.69, 9.17) is 9.84 Å². The van der Waals surface area contributed by atoms with Crippen LogP contribution in [0.15, 0.2) is 0 Å². The Hall–Kier alpha value is -0.740. The third kappa shape index (κ3) is 2.70. The van der Waals surface area contributed by atoms with Gasteiger partial charge >= 0.3 is 0 Å². The van der Waals surface area contributed by atoms with Gasteiger partial charge in [-0.2, -0.15) is 0 Å². The minimum Gasteiger partial charge on any atom is -0.394 e. The SMILES string of the molecule is CC(C=O)(C=O)OCCO. The van der Waals surface area contributed by atoms with Crippen LogP contribution in [0.1, 0.15) is 6.92 Å². The fraction of sp³-hybridized carbons (Fsp3) is 0.667. The summed E-state index contributed by atoms with van der Waals surface area (Å²) in [5.41, 5.74) is -1.39. The maximum Gasteiger partial charge on any atom is 0.175 e. The van der Waals surface area contributed by atoms with E-state index < -0.39 is 5.60 Å². The number of hydrogen-bond donors (Lipinski definition) is 1. The van der Waals surface area contributed by atoms with Crippen molar-refractivity contribution in [1.29, 1.82) is 0 Å². The summed E-state index contributed by atoms with van der Waals surface area (Å²) in [6, 6.07) is 0. The predicted molar refractivity (Wildman–Crippen MR) is 33.6 cm³/mol. The molecule has 0 heterocycles. The number of carbonyl (C=O) groups excluding carboxylic acids is 2. The van der Waals surface area contributed by atoms with Crippen molar-refractivity contribution in [2.24, 2.45) is 0 Å². The third-order valence-corrected chi connectivity index (χ3v) is 0.972. The minimum absolute atomic E-state index is 0.00597. The van der Waals surface area contributed by atoms with Crippen LogP contribution in [0, 0.1) is 0 Å². The molecule has 0 saturated heterocycles. The molecule has 10 heavy (non-hydrogen) atoms. The van der Waals surface area contributed by atoms with E-state index in [1.807, 2.05) is 0 Å². The molecular formula is C6H10O4. The lowest BCUT2D eigenvalue weighted by atomic mass is 10.2. The zero-order chi connectivity index (χ0) is 8.04. The highest BCUT2D eigenvalue weighted by atomic mass is 16.5. The summed E-state index contributed by atoms with van der Waals surface area (Å²) in [4.78, 5) is 20.3. The average molecular weight is 146 g/mol. The van der Waals surface area contributed by atoms with E-state index in [0.29, 0.717) is 12.6 Å². The van der Waals surface area contributed by atoms with Crippen molar-refractivity contribution in [3.05, 3.63) is 0 Å². The van der Waals surface area contributed by atoms with Crippen LogP contribution in [0.2, 0.25) is 0 Å². The second kappa shape index (κ2) is 4.14. The van der Waals surface area contributed by atoms with E-state index in [2.05, 4.69) is 0 Å². The number of aliphatic hydroxyl groups excluding tert-OH is 1. The molecular weight excluding hydrogens is 136 g/mol. The van der Waals surface area contributed by atoms with Crippen LogP contribution in [0.25, 0.3) is 0 Å². The summed E-state index contributed by atoms with van der Waals surface area (Å²) in [6.45, 7) is 1.13. The van der Waals surface area contributed by atoms with E-state index in [1.165, 1.54) is 6.92 Å². The summed E-state index contributed by atoms with van der Waals surface area (Å²) < 4.78 is 4.69. The van der Waals surface area contributed by atoms with Crippen molar-refractivity contribution >= 4 is 12.6 Å². The molecule has 0 bridgehead atoms. The summed E-state index contributed by atoms with van der Waals surface area (Å²) in [6.07, 6.45) is 0.797. The van der Waals surface area contributed by atoms with Crippen molar-refractivity contribution in [3.63, 3.8) is 0 Å². The van der Waals surface area contributed by atoms with Crippen molar-refractivity contribution in [2.75, 3.05) is 13.2 Å². The molecule has 0 fully saturated rings. The lowest BCUT2D eigenvalue weighted by molar-refractivity contribution is -0.140. The summed E-state index contributed by atoms with van der Waals surface area (Å²) in [5, 5.41) is 8.26. The number of rotatable bonds is 5. The van der Waals surface area contributed by atoms with Crippen molar-refractivity contribution in [1.82, 2.24) is 0 Å². The molecule has 0 atom stereocenters. The number of aliphatic hydroxyl groups is 1. The van der Waals surface area contributed by atoms with Gasteiger partial charge in [-0.05, 0) is 6.92 Å². The molecule has 0 aromatic heterocycles. The van der Waals surface area contributed by atoms with Gasteiger partial charge in [-0.3, -0.25) is 9.59 Å². The lowest BCUT2D eigenvalue weighted by Gasteiger charge is -2.14. The Morgan fingerprint density at radius 2 is 2.00 bits per heavy atom. The standard InChI is InChI=1S/C6H10O4/c1-6(4-8,5-9)10-3-2-7/h4-5,7H,2-3H2,1H3. The fourth-order valence-electron chi connectivity index (χ4n) is 0.361. The number of ether oxygens (including phenoxy) is 1. The Morgan fingerprint density at radius 3 is 2.30 bits per heavy atom. The molecule has 0 saturated carbocycles. The van der Waals surface area contributed by atoms with Crippen LogP contribution < -0.4 is 0 Å². The van der Waals surface area contributed by atoms with Crippen LogP contribution in [0.5, 0.6) is 0 Å². The number of hydrogen-bond acceptors (Lipinski definition) is 4. The smallest absolute Gasteiger partial charge is 0.175 e. The Bertz CT molecular complexity index is 113. The highest BCUT2D eigenvalue weighted by Gasteiger charge is 2.22. The van der Waals surface area contributed by atoms with Gasteiger partial charge in [-0.1, -0.05) is 0 Å². The van der Waals surface area contributed by atoms with E-state index in [1.54, 1.807) is 0 Å². The van der Waals surface area contributed by atoms with Gasteiger partial charge in [-0.15, -0.1) is 0 Å². The second-order valence-corrected chi connectivity index (χ2v) is 1.99. The summed E-state index contributed by atoms with van der Waals surface area (Å²) in [5.74, 6) is 0. The van der Waals surface area contributed by atoms with Gasteiger partial charge in [0, 0.05) is 0 Å². The Labute approximate surface area is 58.8 Å². The Balaban J connectivity index is 3.80. The summed E-state index contributed by atoms with van der Waals surface area (Å²) >= 11 is 0. The molecule has 0 radical (unpaired) electrons. The van der Waals surface area contributed by atoms with Crippen LogP contribution >= 0.6 is 0 Å². The van der Waals surface area contributed by atoms with E-state index in [0.717, 1.165) is 0 Å². The molecule has 0 unspecified atom stereocenters. The van der Waals surface area contributed by atoms with Gasteiger partial charge in [0.1, 0.15) is 0 Å². The number of aldehydes is 2. The first-order valence-corrected chi connectivity index (χ1v) is 2.86. The maximum atomic E-state index is 10.1. The molecule has 0 aliphatic rings. The van der Waals surface area contributed by atoms with Gasteiger partial charge in [0.15, 0.2) is 18.2 Å². The molecule has 4 nitrogen and oxygen atoms in total. The monoisotopic (exact) mass is 146 g/mol. The normalized spacial score (nSPS) is 11.0. The van der Waals surface area contributed by atoms with Crippen molar-refractivity contribution < 1.29 is 19.4 Å². The quantitative estimate of drug-likeness (QED) is 0.405. The third-order valence-electron chi connectivity index (χ3n) is 0.972. The molecule has 0 rings (SSSR count). The first kappa shape index (κ1) is 9.26. The first-order valence-electron chi connectivity index (χ1n) is 2.86. The molecule has 0 aromatic rings. The molecule has 4 heteroatoms. The van der Waals surface area contributed by atoms with Crippen LogP contribution in [-0.4, -0.2) is 36.5 Å². The van der Waals surface area contributed by atoms with Crippen LogP contribution in [0.3, 0.4) is 0 Å². The van der Waals surface area contributed by atoms with Crippen LogP contribution in [-0.2, 0) is 14.3 Å². The Morgan fingerprint density at radius 1 is 1.50 bits per heavy atom. The zero-order valence-corrected chi connectivity index (χ0v) is 5.74. The zero-order valence-electron chi connectivity index (χ0n) is 5.74. The van der Waals surface area contributed by atoms with Crippen molar-refractivity contribution in [3.8, 4) is 0 Å². The van der Waals surface area contributed by atoms with E-state index >= 15 is 0 Å². The second-order valence-electron chi connectivity index (χ2n) is 1.99. The van der Waals surface area contributed by atoms with Gasteiger partial charge in [0.2, 0.25) is 0 Å². The van der Waals surface area contributed by atoms with Gasteiger partial charge in [0.25, 0.3) is 0 Å². The molecule has 0 amide bonds. The van der Waals surface area contributed by atoms with Gasteiger partial charge < -0.3 is 9.84 Å². The largest absolute Gasteiger partial charge is 0.394 e. The molecule has 0 aliphatic heterocycles. The topological polar surface area (TPSA) is 63.6 Å². The fourth-order valence-corrected chi connectivity index (χ4v) is 0.361. The van der Waals surface area contributed by atoms with Crippen molar-refractivity contribution in [2.45, 2.75) is 12.5 Å². The van der Waals surface area contributed by atoms with Crippen LogP contribution in [0.4, 0.5) is 0 Å². The molecule has 0 aromatic carbocycles. The molecule has 0 aliphatic carbocycles. The lowest BCUT2D eigenvalue weighted by Crippen LogP contribution is -2.33. The Kier molecular flexibility index (Phi) is 3.83. The first-order chi connectivity index (χ1) is 4.68. The van der Waals surface area contributed by atoms with Gasteiger partial charge in [-0.25, -0.2) is 0 Å². The molecule has 1 N–H and O–H groups in total. The predicted octanol–water partition coefficient (Wildman–Crippen LogP) is -0.848.